The molecule has 1 unspecified atom stereocenters. The van der Waals surface area contributed by atoms with E-state index in [1.165, 1.54) is 24.9 Å². The van der Waals surface area contributed by atoms with Gasteiger partial charge in [-0.25, -0.2) is 0 Å². The Hall–Kier alpha value is -1.06. The zero-order valence-electron chi connectivity index (χ0n) is 13.1. The molecule has 1 saturated carbocycles. The van der Waals surface area contributed by atoms with Gasteiger partial charge < -0.3 is 15.0 Å². The zero-order valence-corrected chi connectivity index (χ0v) is 13.1. The van der Waals surface area contributed by atoms with E-state index in [2.05, 4.69) is 42.3 Å². The molecule has 1 atom stereocenters. The normalized spacial score (nSPS) is 16.4. The highest BCUT2D eigenvalue weighted by Crippen LogP contribution is 2.31. The molecule has 2 rings (SSSR count). The van der Waals surface area contributed by atoms with Gasteiger partial charge in [0, 0.05) is 24.7 Å². The van der Waals surface area contributed by atoms with Crippen molar-refractivity contribution in [2.45, 2.75) is 32.7 Å². The largest absolute Gasteiger partial charge is 0.496 e. The number of nitrogens with one attached hydrogen (secondary N) is 1. The first-order valence-electron chi connectivity index (χ1n) is 7.87. The lowest BCUT2D eigenvalue weighted by Gasteiger charge is -2.28. The lowest BCUT2D eigenvalue weighted by molar-refractivity contribution is 0.243. The fraction of sp³-hybridized carbons (Fsp3) is 0.647. The molecule has 0 aliphatic heterocycles. The minimum absolute atomic E-state index is 0.342. The Kier molecular flexibility index (Phi) is 5.86. The maximum atomic E-state index is 5.52. The van der Waals surface area contributed by atoms with Crippen LogP contribution >= 0.6 is 0 Å². The predicted octanol–water partition coefficient (Wildman–Crippen LogP) is 3.08. The zero-order chi connectivity index (χ0) is 14.4. The minimum atomic E-state index is 0.342. The molecular weight excluding hydrogens is 248 g/mol. The molecule has 1 aliphatic carbocycles. The SMILES string of the molecule is CCNC(CN(CC)CC1CC1)c1ccccc1OC. The Labute approximate surface area is 123 Å². The summed E-state index contributed by atoms with van der Waals surface area (Å²) in [5, 5.41) is 3.61. The number of rotatable bonds is 9. The summed E-state index contributed by atoms with van der Waals surface area (Å²) < 4.78 is 5.52. The lowest BCUT2D eigenvalue weighted by atomic mass is 10.0. The van der Waals surface area contributed by atoms with Crippen molar-refractivity contribution in [1.29, 1.82) is 0 Å². The third kappa shape index (κ3) is 4.22. The highest BCUT2D eigenvalue weighted by atomic mass is 16.5. The van der Waals surface area contributed by atoms with E-state index in [9.17, 15) is 0 Å². The second-order valence-electron chi connectivity index (χ2n) is 5.65. The first-order chi connectivity index (χ1) is 9.78. The van der Waals surface area contributed by atoms with Gasteiger partial charge in [-0.1, -0.05) is 32.0 Å². The van der Waals surface area contributed by atoms with Crippen LogP contribution in [0.3, 0.4) is 0 Å². The Balaban J connectivity index is 2.07. The fourth-order valence-corrected chi connectivity index (χ4v) is 2.73. The third-order valence-corrected chi connectivity index (χ3v) is 4.07. The van der Waals surface area contributed by atoms with Crippen molar-refractivity contribution >= 4 is 0 Å². The van der Waals surface area contributed by atoms with Crippen LogP contribution in [-0.2, 0) is 0 Å². The van der Waals surface area contributed by atoms with Crippen molar-refractivity contribution in [3.05, 3.63) is 29.8 Å². The van der Waals surface area contributed by atoms with Crippen LogP contribution in [0.15, 0.2) is 24.3 Å². The van der Waals surface area contributed by atoms with Gasteiger partial charge in [0.1, 0.15) is 5.75 Å². The number of hydrogen-bond acceptors (Lipinski definition) is 3. The highest BCUT2D eigenvalue weighted by Gasteiger charge is 2.25. The first-order valence-corrected chi connectivity index (χ1v) is 7.87. The highest BCUT2D eigenvalue weighted by molar-refractivity contribution is 5.36. The van der Waals surface area contributed by atoms with E-state index < -0.39 is 0 Å². The van der Waals surface area contributed by atoms with Gasteiger partial charge in [0.15, 0.2) is 0 Å². The van der Waals surface area contributed by atoms with Crippen LogP contribution in [0.5, 0.6) is 5.75 Å². The van der Waals surface area contributed by atoms with E-state index in [-0.39, 0.29) is 0 Å². The molecule has 0 heterocycles. The maximum Gasteiger partial charge on any atom is 0.123 e. The molecule has 0 aromatic heterocycles. The van der Waals surface area contributed by atoms with Crippen LogP contribution in [0.1, 0.15) is 38.3 Å². The average Bonchev–Trinajstić information content (AvgIpc) is 3.29. The van der Waals surface area contributed by atoms with E-state index in [1.807, 2.05) is 6.07 Å². The molecule has 20 heavy (non-hydrogen) atoms. The van der Waals surface area contributed by atoms with Gasteiger partial charge in [-0.15, -0.1) is 0 Å². The molecule has 1 aliphatic rings. The Morgan fingerprint density at radius 1 is 1.30 bits per heavy atom. The van der Waals surface area contributed by atoms with E-state index >= 15 is 0 Å². The molecule has 3 heteroatoms. The molecule has 1 N–H and O–H groups in total. The van der Waals surface area contributed by atoms with Crippen LogP contribution in [0.2, 0.25) is 0 Å². The average molecular weight is 276 g/mol. The van der Waals surface area contributed by atoms with Crippen LogP contribution in [0.4, 0.5) is 0 Å². The number of ether oxygens (including phenoxy) is 1. The molecule has 0 bridgehead atoms. The monoisotopic (exact) mass is 276 g/mol. The number of hydrogen-bond donors (Lipinski definition) is 1. The number of likely N-dealkylation sites (N-methyl/N-ethyl adjacent to an activating group) is 2. The molecule has 3 nitrogen and oxygen atoms in total. The second kappa shape index (κ2) is 7.65. The van der Waals surface area contributed by atoms with Gasteiger partial charge in [0.2, 0.25) is 0 Å². The quantitative estimate of drug-likeness (QED) is 0.750. The number of para-hydroxylation sites is 1. The summed E-state index contributed by atoms with van der Waals surface area (Å²) in [5.41, 5.74) is 1.27. The summed E-state index contributed by atoms with van der Waals surface area (Å²) in [7, 11) is 1.75. The van der Waals surface area contributed by atoms with Crippen LogP contribution < -0.4 is 10.1 Å². The lowest BCUT2D eigenvalue weighted by Crippen LogP contribution is -2.36. The van der Waals surface area contributed by atoms with Gasteiger partial charge in [-0.2, -0.15) is 0 Å². The number of nitrogens with zero attached hydrogens (tertiary/aromatic N) is 1. The molecule has 0 spiro atoms. The molecule has 1 fully saturated rings. The second-order valence-corrected chi connectivity index (χ2v) is 5.65. The summed E-state index contributed by atoms with van der Waals surface area (Å²) in [5.74, 6) is 1.93. The smallest absolute Gasteiger partial charge is 0.123 e. The number of methoxy groups -OCH3 is 1. The van der Waals surface area contributed by atoms with Crippen molar-refractivity contribution in [2.24, 2.45) is 5.92 Å². The standard InChI is InChI=1S/C17H28N2O/c1-4-18-16(13-19(5-2)12-14-10-11-14)15-8-6-7-9-17(15)20-3/h6-9,14,16,18H,4-5,10-13H2,1-3H3. The first kappa shape index (κ1) is 15.3. The molecule has 0 radical (unpaired) electrons. The Bertz CT molecular complexity index is 404. The maximum absolute atomic E-state index is 5.52. The van der Waals surface area contributed by atoms with Crippen molar-refractivity contribution in [3.8, 4) is 5.75 Å². The summed E-state index contributed by atoms with van der Waals surface area (Å²) in [6.07, 6.45) is 2.83. The van der Waals surface area contributed by atoms with Gasteiger partial charge in [-0.3, -0.25) is 0 Å². The van der Waals surface area contributed by atoms with Crippen molar-refractivity contribution < 1.29 is 4.74 Å². The van der Waals surface area contributed by atoms with Gasteiger partial charge in [0.25, 0.3) is 0 Å². The van der Waals surface area contributed by atoms with Gasteiger partial charge in [0.05, 0.1) is 7.11 Å². The van der Waals surface area contributed by atoms with E-state index in [0.717, 1.165) is 31.3 Å². The molecule has 1 aromatic carbocycles. The molecular formula is C17H28N2O. The van der Waals surface area contributed by atoms with Gasteiger partial charge in [-0.05, 0) is 37.9 Å². The van der Waals surface area contributed by atoms with Crippen molar-refractivity contribution in [1.82, 2.24) is 10.2 Å². The Morgan fingerprint density at radius 3 is 2.65 bits per heavy atom. The van der Waals surface area contributed by atoms with E-state index in [4.69, 9.17) is 4.74 Å². The molecule has 0 amide bonds. The van der Waals surface area contributed by atoms with Gasteiger partial charge >= 0.3 is 0 Å². The Morgan fingerprint density at radius 2 is 2.05 bits per heavy atom. The predicted molar refractivity (Wildman–Crippen MR) is 84.2 cm³/mol. The van der Waals surface area contributed by atoms with Crippen molar-refractivity contribution in [2.75, 3.05) is 33.3 Å². The van der Waals surface area contributed by atoms with Crippen LogP contribution in [-0.4, -0.2) is 38.2 Å². The topological polar surface area (TPSA) is 24.5 Å². The summed E-state index contributed by atoms with van der Waals surface area (Å²) in [6.45, 7) is 8.82. The van der Waals surface area contributed by atoms with E-state index in [1.54, 1.807) is 7.11 Å². The summed E-state index contributed by atoms with van der Waals surface area (Å²) in [4.78, 5) is 2.57. The molecule has 1 aromatic rings. The van der Waals surface area contributed by atoms with Crippen LogP contribution in [0, 0.1) is 5.92 Å². The molecule has 0 saturated heterocycles. The fourth-order valence-electron chi connectivity index (χ4n) is 2.73. The van der Waals surface area contributed by atoms with E-state index in [0.29, 0.717) is 6.04 Å². The minimum Gasteiger partial charge on any atom is -0.496 e. The van der Waals surface area contributed by atoms with Crippen LogP contribution in [0.25, 0.3) is 0 Å². The third-order valence-electron chi connectivity index (χ3n) is 4.07. The molecule has 112 valence electrons. The van der Waals surface area contributed by atoms with Crippen molar-refractivity contribution in [3.63, 3.8) is 0 Å². The summed E-state index contributed by atoms with van der Waals surface area (Å²) in [6, 6.07) is 8.70. The number of benzene rings is 1. The summed E-state index contributed by atoms with van der Waals surface area (Å²) >= 11 is 0.